The molecule has 7 N–H and O–H groups in total. The van der Waals surface area contributed by atoms with Crippen molar-refractivity contribution in [1.29, 1.82) is 0 Å². The lowest BCUT2D eigenvalue weighted by molar-refractivity contribution is -0.298. The molecule has 13 nitrogen and oxygen atoms in total. The minimum atomic E-state index is -5.11. The van der Waals surface area contributed by atoms with Crippen molar-refractivity contribution in [2.24, 2.45) is 0 Å². The van der Waals surface area contributed by atoms with Gasteiger partial charge in [0.05, 0.1) is 25.4 Å². The van der Waals surface area contributed by atoms with E-state index < -0.39 is 78.5 Å². The summed E-state index contributed by atoms with van der Waals surface area (Å²) in [7, 11) is -5.11. The van der Waals surface area contributed by atoms with Crippen LogP contribution in [0.4, 0.5) is 0 Å². The molecule has 1 amide bonds. The van der Waals surface area contributed by atoms with Gasteiger partial charge in [-0.2, -0.15) is 8.42 Å². The molecule has 0 bridgehead atoms. The first-order valence-electron chi connectivity index (χ1n) is 27.2. The van der Waals surface area contributed by atoms with Crippen LogP contribution in [0.5, 0.6) is 0 Å². The van der Waals surface area contributed by atoms with Gasteiger partial charge in [0, 0.05) is 0 Å². The summed E-state index contributed by atoms with van der Waals surface area (Å²) in [6, 6.07) is -1.03. The normalized spacial score (nSPS) is 20.5. The van der Waals surface area contributed by atoms with Crippen LogP contribution >= 0.6 is 0 Å². The van der Waals surface area contributed by atoms with E-state index in [4.69, 9.17) is 9.47 Å². The number of allylic oxidation sites excluding steroid dienone is 2. The number of ether oxygens (including phenoxy) is 2. The molecule has 0 aromatic carbocycles. The number of amides is 1. The number of carbonyl (C=O) groups excluding carboxylic acids is 1. The largest absolute Gasteiger partial charge is 0.397 e. The van der Waals surface area contributed by atoms with Crippen LogP contribution in [0.15, 0.2) is 12.2 Å². The zero-order valence-corrected chi connectivity index (χ0v) is 42.7. The summed E-state index contributed by atoms with van der Waals surface area (Å²) >= 11 is 0. The van der Waals surface area contributed by atoms with Crippen molar-refractivity contribution in [2.45, 2.75) is 300 Å². The zero-order chi connectivity index (χ0) is 48.5. The Labute approximate surface area is 403 Å². The van der Waals surface area contributed by atoms with Crippen LogP contribution in [0, 0.1) is 0 Å². The number of unbranched alkanes of at least 4 members (excludes halogenated alkanes) is 32. The predicted molar refractivity (Wildman–Crippen MR) is 265 cm³/mol. The van der Waals surface area contributed by atoms with Crippen molar-refractivity contribution >= 4 is 16.3 Å². The molecule has 1 aliphatic heterocycles. The Hall–Kier alpha value is -1.20. The second-order valence-corrected chi connectivity index (χ2v) is 20.4. The molecule has 14 heteroatoms. The van der Waals surface area contributed by atoms with E-state index in [1.54, 1.807) is 0 Å². The van der Waals surface area contributed by atoms with Gasteiger partial charge >= 0.3 is 10.4 Å². The van der Waals surface area contributed by atoms with Crippen molar-refractivity contribution in [1.82, 2.24) is 5.32 Å². The van der Waals surface area contributed by atoms with Gasteiger partial charge in [0.25, 0.3) is 0 Å². The van der Waals surface area contributed by atoms with Gasteiger partial charge in [-0.1, -0.05) is 225 Å². The van der Waals surface area contributed by atoms with Crippen molar-refractivity contribution in [3.8, 4) is 0 Å². The van der Waals surface area contributed by atoms with Crippen LogP contribution in [0.1, 0.15) is 251 Å². The van der Waals surface area contributed by atoms with Gasteiger partial charge in [-0.3, -0.25) is 9.35 Å². The Morgan fingerprint density at radius 3 is 1.36 bits per heavy atom. The first-order chi connectivity index (χ1) is 31.9. The maximum absolute atomic E-state index is 13.2. The molecule has 0 radical (unpaired) electrons. The highest BCUT2D eigenvalue weighted by Crippen LogP contribution is 2.26. The molecule has 0 aromatic heterocycles. The third kappa shape index (κ3) is 34.2. The van der Waals surface area contributed by atoms with Gasteiger partial charge in [0.1, 0.15) is 30.5 Å². The van der Waals surface area contributed by atoms with E-state index >= 15 is 0 Å². The summed E-state index contributed by atoms with van der Waals surface area (Å²) in [6.07, 6.45) is 36.7. The summed E-state index contributed by atoms with van der Waals surface area (Å²) in [5, 5.41) is 55.6. The fourth-order valence-corrected chi connectivity index (χ4v) is 9.38. The molecule has 0 aliphatic carbocycles. The molecule has 1 rings (SSSR count). The van der Waals surface area contributed by atoms with Crippen molar-refractivity contribution in [2.75, 3.05) is 13.2 Å². The minimum absolute atomic E-state index is 0.255. The fourth-order valence-electron chi connectivity index (χ4n) is 8.87. The monoisotopic (exact) mass is 964 g/mol. The molecule has 392 valence electrons. The Kier molecular flexibility index (Phi) is 40.6. The summed E-state index contributed by atoms with van der Waals surface area (Å²) in [4.78, 5) is 13.2. The predicted octanol–water partition coefficient (Wildman–Crippen LogP) is 10.9. The van der Waals surface area contributed by atoms with E-state index in [2.05, 4.69) is 35.5 Å². The summed E-state index contributed by atoms with van der Waals surface area (Å²) in [5.41, 5.74) is 0. The number of rotatable bonds is 47. The van der Waals surface area contributed by atoms with E-state index in [0.717, 1.165) is 57.8 Å². The van der Waals surface area contributed by atoms with E-state index in [1.165, 1.54) is 154 Å². The van der Waals surface area contributed by atoms with Gasteiger partial charge in [-0.05, 0) is 38.5 Å². The zero-order valence-electron chi connectivity index (χ0n) is 41.9. The number of nitrogens with one attached hydrogen (secondary N) is 1. The minimum Gasteiger partial charge on any atom is -0.394 e. The first kappa shape index (κ1) is 62.8. The second-order valence-electron chi connectivity index (χ2n) is 19.3. The lowest BCUT2D eigenvalue weighted by atomic mass is 9.99. The Bertz CT molecular complexity index is 1240. The number of hydrogen-bond donors (Lipinski definition) is 7. The molecule has 1 fully saturated rings. The van der Waals surface area contributed by atoms with E-state index in [1.807, 2.05) is 0 Å². The number of aliphatic hydroxyl groups excluding tert-OH is 5. The van der Waals surface area contributed by atoms with Gasteiger partial charge in [-0.15, -0.1) is 0 Å². The number of carbonyl (C=O) groups is 1. The third-order valence-corrected chi connectivity index (χ3v) is 13.6. The molecular formula is C52H101NO12S. The first-order valence-corrected chi connectivity index (χ1v) is 28.5. The molecule has 8 unspecified atom stereocenters. The molecular weight excluding hydrogens is 863 g/mol. The molecule has 8 atom stereocenters. The average molecular weight is 964 g/mol. The maximum Gasteiger partial charge on any atom is 0.397 e. The van der Waals surface area contributed by atoms with Crippen molar-refractivity contribution in [3.05, 3.63) is 12.2 Å². The topological polar surface area (TPSA) is 212 Å². The third-order valence-electron chi connectivity index (χ3n) is 13.2. The van der Waals surface area contributed by atoms with E-state index in [0.29, 0.717) is 19.3 Å². The molecule has 1 saturated heterocycles. The lowest BCUT2D eigenvalue weighted by Gasteiger charge is -2.41. The second kappa shape index (κ2) is 42.7. The van der Waals surface area contributed by atoms with Crippen LogP contribution in [-0.4, -0.2) is 107 Å². The van der Waals surface area contributed by atoms with Gasteiger partial charge in [0.15, 0.2) is 6.29 Å². The highest BCUT2D eigenvalue weighted by molar-refractivity contribution is 7.80. The molecule has 66 heavy (non-hydrogen) atoms. The molecule has 0 aromatic rings. The van der Waals surface area contributed by atoms with Crippen molar-refractivity contribution in [3.63, 3.8) is 0 Å². The fraction of sp³-hybridized carbons (Fsp3) is 0.942. The van der Waals surface area contributed by atoms with Crippen molar-refractivity contribution < 1.29 is 57.0 Å². The number of aliphatic hydroxyl groups is 5. The highest BCUT2D eigenvalue weighted by Gasteiger charge is 2.48. The summed E-state index contributed by atoms with van der Waals surface area (Å²) in [5.74, 6) is -0.670. The maximum atomic E-state index is 13.2. The smallest absolute Gasteiger partial charge is 0.394 e. The van der Waals surface area contributed by atoms with Crippen LogP contribution in [0.2, 0.25) is 0 Å². The quantitative estimate of drug-likeness (QED) is 0.0172. The van der Waals surface area contributed by atoms with E-state index in [9.17, 15) is 43.3 Å². The standard InChI is InChI=1S/C52H101NO12S/c1-3-5-7-9-11-13-15-17-19-21-23-25-26-28-30-32-34-36-38-40-45(55)44(43-63-52-49(58)50(65-66(60,61)62)48(57)47(42-54)64-52)53-51(59)46(56)41-39-37-35-33-31-29-27-24-22-20-18-16-14-12-10-8-6-4-2/h22,24,44-50,52,54-58H,3-21,23,25-43H2,1-2H3,(H,53,59)(H,60,61,62)/b24-22-. The number of hydrogen-bond acceptors (Lipinski definition) is 11. The van der Waals surface area contributed by atoms with Crippen LogP contribution in [-0.2, 0) is 28.9 Å². The molecule has 0 saturated carbocycles. The van der Waals surface area contributed by atoms with Gasteiger partial charge in [-0.25, -0.2) is 4.18 Å². The average Bonchev–Trinajstić information content (AvgIpc) is 3.29. The van der Waals surface area contributed by atoms with Gasteiger partial charge in [0.2, 0.25) is 5.91 Å². The summed E-state index contributed by atoms with van der Waals surface area (Å²) < 4.78 is 47.8. The van der Waals surface area contributed by atoms with E-state index in [-0.39, 0.29) is 6.42 Å². The molecule has 0 spiro atoms. The Balaban J connectivity index is 2.46. The van der Waals surface area contributed by atoms with Crippen LogP contribution < -0.4 is 5.32 Å². The van der Waals surface area contributed by atoms with Gasteiger partial charge < -0.3 is 40.3 Å². The van der Waals surface area contributed by atoms with Crippen LogP contribution in [0.25, 0.3) is 0 Å². The Morgan fingerprint density at radius 1 is 0.591 bits per heavy atom. The lowest BCUT2D eigenvalue weighted by Crippen LogP contribution is -2.61. The SMILES string of the molecule is CCCCCCCCCC/C=C\CCCCCCCCC(O)C(=O)NC(COC1OC(CO)C(O)C(OS(=O)(=O)O)C1O)C(O)CCCCCCCCCCCCCCCCCCCCC. The summed E-state index contributed by atoms with van der Waals surface area (Å²) in [6.45, 7) is 3.31. The Morgan fingerprint density at radius 2 is 0.970 bits per heavy atom. The van der Waals surface area contributed by atoms with Crippen LogP contribution in [0.3, 0.4) is 0 Å². The highest BCUT2D eigenvalue weighted by atomic mass is 32.3. The molecule has 1 heterocycles. The molecule has 1 aliphatic rings.